The lowest BCUT2D eigenvalue weighted by Gasteiger charge is -2.18. The molecule has 174 valence electrons. The van der Waals surface area contributed by atoms with Gasteiger partial charge in [0.15, 0.2) is 5.69 Å². The van der Waals surface area contributed by atoms with Crippen molar-refractivity contribution in [2.45, 2.75) is 24.9 Å². The van der Waals surface area contributed by atoms with Crippen LogP contribution < -0.4 is 22.1 Å². The molecule has 4 rings (SSSR count). The number of anilines is 1. The molecule has 9 heteroatoms. The number of aryl methyl sites for hydroxylation is 1. The fourth-order valence-corrected chi connectivity index (χ4v) is 3.49. The number of carbonyl (C=O) groups is 2. The molecule has 2 amide bonds. The molecule has 0 fully saturated rings. The van der Waals surface area contributed by atoms with E-state index in [0.717, 1.165) is 16.5 Å². The molecular formula is C25H26N6O3. The molecule has 2 heterocycles. The Morgan fingerprint density at radius 3 is 2.62 bits per heavy atom. The zero-order valence-corrected chi connectivity index (χ0v) is 18.5. The van der Waals surface area contributed by atoms with E-state index in [1.54, 1.807) is 6.20 Å². The Balaban J connectivity index is 1.49. The zero-order valence-electron chi connectivity index (χ0n) is 18.5. The summed E-state index contributed by atoms with van der Waals surface area (Å²) in [5, 5.41) is 6.52. The van der Waals surface area contributed by atoms with Crippen LogP contribution in [-0.4, -0.2) is 34.4 Å². The summed E-state index contributed by atoms with van der Waals surface area (Å²) in [6.45, 7) is 0.0102. The van der Waals surface area contributed by atoms with E-state index in [1.165, 1.54) is 6.26 Å². The fourth-order valence-electron chi connectivity index (χ4n) is 3.49. The first-order valence-corrected chi connectivity index (χ1v) is 10.9. The Morgan fingerprint density at radius 2 is 1.82 bits per heavy atom. The Morgan fingerprint density at radius 1 is 1.06 bits per heavy atom. The van der Waals surface area contributed by atoms with Gasteiger partial charge in [0.2, 0.25) is 11.8 Å². The normalized spacial score (nSPS) is 12.8. The highest BCUT2D eigenvalue weighted by Gasteiger charge is 2.24. The van der Waals surface area contributed by atoms with Gasteiger partial charge in [-0.1, -0.05) is 48.5 Å². The second-order valence-electron chi connectivity index (χ2n) is 7.87. The van der Waals surface area contributed by atoms with Crippen molar-refractivity contribution in [3.05, 3.63) is 90.3 Å². The number of nitrogens with one attached hydrogen (secondary N) is 2. The number of pyridine rings is 1. The molecule has 0 unspecified atom stereocenters. The van der Waals surface area contributed by atoms with Gasteiger partial charge < -0.3 is 26.5 Å². The molecule has 2 aromatic heterocycles. The topological polar surface area (TPSA) is 149 Å². The molecule has 0 aliphatic heterocycles. The molecular weight excluding hydrogens is 432 g/mol. The van der Waals surface area contributed by atoms with E-state index in [0.29, 0.717) is 18.5 Å². The molecule has 0 spiro atoms. The minimum atomic E-state index is -0.850. The fraction of sp³-hybridized carbons (Fsp3) is 0.200. The van der Waals surface area contributed by atoms with Crippen LogP contribution in [0.25, 0.3) is 10.9 Å². The lowest BCUT2D eigenvalue weighted by molar-refractivity contribution is -0.123. The van der Waals surface area contributed by atoms with Crippen molar-refractivity contribution >= 4 is 28.4 Å². The number of fused-ring (bicyclic) bond motifs is 1. The van der Waals surface area contributed by atoms with Gasteiger partial charge in [0.25, 0.3) is 5.91 Å². The maximum absolute atomic E-state index is 12.8. The summed E-state index contributed by atoms with van der Waals surface area (Å²) in [4.78, 5) is 33.8. The van der Waals surface area contributed by atoms with Gasteiger partial charge in [-0.2, -0.15) is 0 Å². The van der Waals surface area contributed by atoms with Gasteiger partial charge in [-0.25, -0.2) is 4.98 Å². The van der Waals surface area contributed by atoms with E-state index >= 15 is 0 Å². The summed E-state index contributed by atoms with van der Waals surface area (Å²) < 4.78 is 5.58. The van der Waals surface area contributed by atoms with Crippen molar-refractivity contribution in [2.75, 3.05) is 11.9 Å². The first-order chi connectivity index (χ1) is 16.5. The minimum Gasteiger partial charge on any atom is -0.446 e. The van der Waals surface area contributed by atoms with Crippen LogP contribution in [0.5, 0.6) is 0 Å². The van der Waals surface area contributed by atoms with Crippen LogP contribution in [0.1, 0.15) is 34.4 Å². The predicted molar refractivity (Wildman–Crippen MR) is 129 cm³/mol. The number of nitrogens with two attached hydrogens (primary N) is 2. The van der Waals surface area contributed by atoms with Crippen LogP contribution in [0.2, 0.25) is 0 Å². The molecule has 0 saturated heterocycles. The van der Waals surface area contributed by atoms with E-state index < -0.39 is 23.9 Å². The lowest BCUT2D eigenvalue weighted by atomic mass is 10.0. The highest BCUT2D eigenvalue weighted by molar-refractivity contribution is 6.03. The first-order valence-electron chi connectivity index (χ1n) is 10.9. The first kappa shape index (κ1) is 23.1. The van der Waals surface area contributed by atoms with Crippen LogP contribution in [0, 0.1) is 0 Å². The monoisotopic (exact) mass is 458 g/mol. The molecule has 6 N–H and O–H groups in total. The third kappa shape index (κ3) is 5.64. The summed E-state index contributed by atoms with van der Waals surface area (Å²) in [7, 11) is 0. The minimum absolute atomic E-state index is 0.0102. The van der Waals surface area contributed by atoms with Crippen LogP contribution in [0.3, 0.4) is 0 Å². The Hall–Kier alpha value is -4.08. The van der Waals surface area contributed by atoms with E-state index in [4.69, 9.17) is 15.9 Å². The summed E-state index contributed by atoms with van der Waals surface area (Å²) in [5.41, 5.74) is 13.8. The number of para-hydroxylation sites is 1. The molecule has 0 bridgehead atoms. The largest absolute Gasteiger partial charge is 0.446 e. The number of hydrogen-bond acceptors (Lipinski definition) is 7. The van der Waals surface area contributed by atoms with Crippen LogP contribution in [0.15, 0.2) is 77.5 Å². The van der Waals surface area contributed by atoms with Crippen molar-refractivity contribution in [1.29, 1.82) is 0 Å². The third-order valence-corrected chi connectivity index (χ3v) is 5.37. The van der Waals surface area contributed by atoms with Crippen molar-refractivity contribution in [2.24, 2.45) is 11.5 Å². The number of carbonyl (C=O) groups excluding carboxylic acids is 2. The summed E-state index contributed by atoms with van der Waals surface area (Å²) >= 11 is 0. The van der Waals surface area contributed by atoms with Crippen LogP contribution in [0.4, 0.5) is 5.69 Å². The van der Waals surface area contributed by atoms with Gasteiger partial charge in [0, 0.05) is 11.9 Å². The predicted octanol–water partition coefficient (Wildman–Crippen LogP) is 2.55. The molecule has 34 heavy (non-hydrogen) atoms. The zero-order chi connectivity index (χ0) is 23.9. The molecule has 4 aromatic rings. The number of rotatable bonds is 9. The van der Waals surface area contributed by atoms with Crippen molar-refractivity contribution in [3.8, 4) is 0 Å². The number of amides is 2. The summed E-state index contributed by atoms with van der Waals surface area (Å²) in [6, 6.07) is 17.8. The van der Waals surface area contributed by atoms with Gasteiger partial charge >= 0.3 is 0 Å². The molecule has 2 atom stereocenters. The molecule has 0 aliphatic carbocycles. The number of oxazole rings is 1. The average molecular weight is 459 g/mol. The summed E-state index contributed by atoms with van der Waals surface area (Å²) in [6.07, 6.45) is 4.02. The molecule has 0 saturated carbocycles. The average Bonchev–Trinajstić information content (AvgIpc) is 3.37. The van der Waals surface area contributed by atoms with Gasteiger partial charge in [-0.15, -0.1) is 0 Å². The lowest BCUT2D eigenvalue weighted by Crippen LogP contribution is -2.46. The number of nitrogens with zero attached hydrogens (tertiary/aromatic N) is 2. The smallest absolute Gasteiger partial charge is 0.277 e. The van der Waals surface area contributed by atoms with E-state index in [1.807, 2.05) is 60.7 Å². The van der Waals surface area contributed by atoms with Crippen LogP contribution >= 0.6 is 0 Å². The second-order valence-corrected chi connectivity index (χ2v) is 7.87. The highest BCUT2D eigenvalue weighted by atomic mass is 16.3. The van der Waals surface area contributed by atoms with E-state index in [-0.39, 0.29) is 18.1 Å². The summed E-state index contributed by atoms with van der Waals surface area (Å²) in [5.74, 6) is -0.638. The SMILES string of the molecule is NC[C@@H](N)C(=O)N[C@H](CCc1ccccc1)c1nc(C(=O)Nc2cnc3ccccc3c2)co1. The van der Waals surface area contributed by atoms with Gasteiger partial charge in [-0.05, 0) is 30.5 Å². The van der Waals surface area contributed by atoms with E-state index in [9.17, 15) is 9.59 Å². The Bertz CT molecular complexity index is 1270. The van der Waals surface area contributed by atoms with Crippen molar-refractivity contribution < 1.29 is 14.0 Å². The number of benzene rings is 2. The highest BCUT2D eigenvalue weighted by Crippen LogP contribution is 2.21. The molecule has 9 nitrogen and oxygen atoms in total. The van der Waals surface area contributed by atoms with Crippen LogP contribution in [-0.2, 0) is 11.2 Å². The maximum Gasteiger partial charge on any atom is 0.277 e. The number of hydrogen-bond donors (Lipinski definition) is 4. The standard InChI is InChI=1S/C25H26N6O3/c26-13-19(27)23(32)30-21(11-10-16-6-2-1-3-7-16)25-31-22(15-34-25)24(33)29-18-12-17-8-4-5-9-20(17)28-14-18/h1-9,12,14-15,19,21H,10-11,13,26-27H2,(H,29,33)(H,30,32)/t19-,21-/m1/s1. The van der Waals surface area contributed by atoms with Gasteiger partial charge in [-0.3, -0.25) is 14.6 Å². The quantitative estimate of drug-likeness (QED) is 0.301. The van der Waals surface area contributed by atoms with E-state index in [2.05, 4.69) is 20.6 Å². The molecule has 0 aliphatic rings. The Labute approximate surface area is 196 Å². The third-order valence-electron chi connectivity index (χ3n) is 5.37. The van der Waals surface area contributed by atoms with Crippen molar-refractivity contribution in [3.63, 3.8) is 0 Å². The molecule has 0 radical (unpaired) electrons. The van der Waals surface area contributed by atoms with Crippen molar-refractivity contribution in [1.82, 2.24) is 15.3 Å². The second kappa shape index (κ2) is 10.7. The molecule has 2 aromatic carbocycles. The van der Waals surface area contributed by atoms with Gasteiger partial charge in [0.05, 0.1) is 23.4 Å². The number of aromatic nitrogens is 2. The maximum atomic E-state index is 12.8. The van der Waals surface area contributed by atoms with Gasteiger partial charge in [0.1, 0.15) is 12.3 Å². The Kier molecular flexibility index (Phi) is 7.26.